The second-order valence-corrected chi connectivity index (χ2v) is 7.23. The van der Waals surface area contributed by atoms with Crippen LogP contribution in [-0.4, -0.2) is 46.9 Å². The number of H-pyrrole nitrogens is 1. The fraction of sp³-hybridized carbons (Fsp3) is 0.176. The summed E-state index contributed by atoms with van der Waals surface area (Å²) in [6, 6.07) is 5.01. The number of aromatic amines is 1. The molecule has 9 nitrogen and oxygen atoms in total. The molecular weight excluding hydrogens is 406 g/mol. The first kappa shape index (κ1) is 19.7. The molecule has 3 rings (SSSR count). The lowest BCUT2D eigenvalue weighted by Crippen LogP contribution is -2.16. The molecule has 1 aromatic carbocycles. The van der Waals surface area contributed by atoms with Gasteiger partial charge in [0.15, 0.2) is 5.16 Å². The van der Waals surface area contributed by atoms with Crippen LogP contribution in [0.4, 0.5) is 5.69 Å². The molecule has 0 saturated carbocycles. The number of carbonyl (C=O) groups excluding carboxylic acids is 1. The second kappa shape index (κ2) is 8.31. The molecule has 0 aliphatic heterocycles. The van der Waals surface area contributed by atoms with Gasteiger partial charge in [0.2, 0.25) is 5.91 Å². The Hall–Kier alpha value is -3.05. The SMILES string of the molecule is COc1ccc(OC)c(NC(=O)CSc2nc3scc(C(=O)O)c3c(=O)[nH]2)c1. The van der Waals surface area contributed by atoms with Crippen molar-refractivity contribution in [2.24, 2.45) is 0 Å². The predicted molar refractivity (Wildman–Crippen MR) is 106 cm³/mol. The summed E-state index contributed by atoms with van der Waals surface area (Å²) in [6.45, 7) is 0. The number of hydrogen-bond donors (Lipinski definition) is 3. The molecule has 1 amide bonds. The van der Waals surface area contributed by atoms with Crippen LogP contribution >= 0.6 is 23.1 Å². The maximum absolute atomic E-state index is 12.3. The number of carbonyl (C=O) groups is 2. The molecule has 28 heavy (non-hydrogen) atoms. The molecule has 0 aliphatic carbocycles. The van der Waals surface area contributed by atoms with E-state index < -0.39 is 11.5 Å². The zero-order valence-electron chi connectivity index (χ0n) is 14.8. The zero-order chi connectivity index (χ0) is 20.3. The smallest absolute Gasteiger partial charge is 0.337 e. The van der Waals surface area contributed by atoms with Crippen LogP contribution in [0.25, 0.3) is 10.2 Å². The number of fused-ring (bicyclic) bond motifs is 1. The Morgan fingerprint density at radius 3 is 2.79 bits per heavy atom. The van der Waals surface area contributed by atoms with Gasteiger partial charge in [-0.05, 0) is 12.1 Å². The van der Waals surface area contributed by atoms with E-state index in [9.17, 15) is 14.4 Å². The molecule has 0 aliphatic rings. The molecule has 0 unspecified atom stereocenters. The summed E-state index contributed by atoms with van der Waals surface area (Å²) >= 11 is 2.09. The van der Waals surface area contributed by atoms with E-state index in [1.54, 1.807) is 18.2 Å². The first-order valence-electron chi connectivity index (χ1n) is 7.82. The van der Waals surface area contributed by atoms with Crippen LogP contribution in [0, 0.1) is 0 Å². The summed E-state index contributed by atoms with van der Waals surface area (Å²) in [4.78, 5) is 42.6. The van der Waals surface area contributed by atoms with E-state index in [-0.39, 0.29) is 27.8 Å². The van der Waals surface area contributed by atoms with E-state index in [0.29, 0.717) is 22.0 Å². The number of nitrogens with one attached hydrogen (secondary N) is 2. The molecule has 3 aromatic rings. The summed E-state index contributed by atoms with van der Waals surface area (Å²) in [6.07, 6.45) is 0. The van der Waals surface area contributed by atoms with Gasteiger partial charge < -0.3 is 24.9 Å². The number of aromatic carboxylic acids is 1. The van der Waals surface area contributed by atoms with Gasteiger partial charge in [-0.2, -0.15) is 0 Å². The molecular formula is C17H15N3O6S2. The fourth-order valence-electron chi connectivity index (χ4n) is 2.39. The number of thioether (sulfide) groups is 1. The quantitative estimate of drug-likeness (QED) is 0.392. The highest BCUT2D eigenvalue weighted by molar-refractivity contribution is 7.99. The topological polar surface area (TPSA) is 131 Å². The number of anilines is 1. The predicted octanol–water partition coefficient (Wildman–Crippen LogP) is 2.43. The summed E-state index contributed by atoms with van der Waals surface area (Å²) in [5.74, 6) is -0.507. The molecule has 11 heteroatoms. The van der Waals surface area contributed by atoms with Gasteiger partial charge in [0.1, 0.15) is 16.3 Å². The van der Waals surface area contributed by atoms with Crippen LogP contribution in [0.5, 0.6) is 11.5 Å². The average Bonchev–Trinajstić information content (AvgIpc) is 3.11. The molecule has 0 fully saturated rings. The number of carboxylic acid groups (broad SMARTS) is 1. The number of benzene rings is 1. The number of aromatic nitrogens is 2. The Balaban J connectivity index is 1.73. The van der Waals surface area contributed by atoms with Crippen molar-refractivity contribution < 1.29 is 24.2 Å². The maximum atomic E-state index is 12.3. The minimum Gasteiger partial charge on any atom is -0.497 e. The number of carboxylic acids is 1. The molecule has 146 valence electrons. The van der Waals surface area contributed by atoms with Crippen LogP contribution in [-0.2, 0) is 4.79 Å². The monoisotopic (exact) mass is 421 g/mol. The van der Waals surface area contributed by atoms with Crippen molar-refractivity contribution in [2.45, 2.75) is 5.16 Å². The van der Waals surface area contributed by atoms with Crippen LogP contribution in [0.15, 0.2) is 33.5 Å². The Labute approximate surface area is 166 Å². The summed E-state index contributed by atoms with van der Waals surface area (Å²) in [7, 11) is 3.00. The van der Waals surface area contributed by atoms with E-state index in [1.807, 2.05) is 0 Å². The third-order valence-corrected chi connectivity index (χ3v) is 5.42. The molecule has 2 aromatic heterocycles. The summed E-state index contributed by atoms with van der Waals surface area (Å²) < 4.78 is 10.3. The van der Waals surface area contributed by atoms with Gasteiger partial charge in [0.25, 0.3) is 5.56 Å². The summed E-state index contributed by atoms with van der Waals surface area (Å²) in [5, 5.41) is 13.5. The van der Waals surface area contributed by atoms with Crippen molar-refractivity contribution in [1.29, 1.82) is 0 Å². The Bertz CT molecular complexity index is 1110. The van der Waals surface area contributed by atoms with Crippen LogP contribution < -0.4 is 20.3 Å². The zero-order valence-corrected chi connectivity index (χ0v) is 16.4. The van der Waals surface area contributed by atoms with E-state index in [2.05, 4.69) is 15.3 Å². The van der Waals surface area contributed by atoms with Gasteiger partial charge in [-0.15, -0.1) is 11.3 Å². The van der Waals surface area contributed by atoms with Gasteiger partial charge in [-0.3, -0.25) is 9.59 Å². The Morgan fingerprint density at radius 1 is 1.32 bits per heavy atom. The van der Waals surface area contributed by atoms with E-state index in [1.165, 1.54) is 19.6 Å². The van der Waals surface area contributed by atoms with Gasteiger partial charge in [0, 0.05) is 11.4 Å². The molecule has 0 saturated heterocycles. The number of amides is 1. The lowest BCUT2D eigenvalue weighted by atomic mass is 10.2. The van der Waals surface area contributed by atoms with Gasteiger partial charge in [-0.1, -0.05) is 11.8 Å². The van der Waals surface area contributed by atoms with Crippen LogP contribution in [0.1, 0.15) is 10.4 Å². The molecule has 0 bridgehead atoms. The lowest BCUT2D eigenvalue weighted by molar-refractivity contribution is -0.113. The number of thiophene rings is 1. The average molecular weight is 421 g/mol. The van der Waals surface area contributed by atoms with Crippen molar-refractivity contribution in [2.75, 3.05) is 25.3 Å². The van der Waals surface area contributed by atoms with Crippen molar-refractivity contribution >= 4 is 50.9 Å². The largest absolute Gasteiger partial charge is 0.497 e. The molecule has 3 N–H and O–H groups in total. The second-order valence-electron chi connectivity index (χ2n) is 5.41. The molecule has 0 atom stereocenters. The normalized spacial score (nSPS) is 10.6. The fourth-order valence-corrected chi connectivity index (χ4v) is 4.02. The van der Waals surface area contributed by atoms with Gasteiger partial charge in [0.05, 0.1) is 36.6 Å². The molecule has 2 heterocycles. The summed E-state index contributed by atoms with van der Waals surface area (Å²) in [5.41, 5.74) is -0.192. The number of nitrogens with zero attached hydrogens (tertiary/aromatic N) is 1. The number of ether oxygens (including phenoxy) is 2. The highest BCUT2D eigenvalue weighted by Crippen LogP contribution is 2.29. The van der Waals surface area contributed by atoms with E-state index in [0.717, 1.165) is 23.1 Å². The van der Waals surface area contributed by atoms with Crippen molar-refractivity contribution in [1.82, 2.24) is 9.97 Å². The maximum Gasteiger partial charge on any atom is 0.337 e. The van der Waals surface area contributed by atoms with Gasteiger partial charge >= 0.3 is 5.97 Å². The van der Waals surface area contributed by atoms with Crippen LogP contribution in [0.3, 0.4) is 0 Å². The number of methoxy groups -OCH3 is 2. The minimum atomic E-state index is -1.19. The minimum absolute atomic E-state index is 0.0219. The van der Waals surface area contributed by atoms with Crippen LogP contribution in [0.2, 0.25) is 0 Å². The highest BCUT2D eigenvalue weighted by atomic mass is 32.2. The van der Waals surface area contributed by atoms with E-state index in [4.69, 9.17) is 14.6 Å². The molecule has 0 radical (unpaired) electrons. The highest BCUT2D eigenvalue weighted by Gasteiger charge is 2.17. The van der Waals surface area contributed by atoms with Gasteiger partial charge in [-0.25, -0.2) is 9.78 Å². The van der Waals surface area contributed by atoms with Crippen molar-refractivity contribution in [3.8, 4) is 11.5 Å². The standard InChI is InChI=1S/C17H15N3O6S2/c1-25-8-3-4-11(26-2)10(5-8)18-12(21)7-28-17-19-14(22)13-9(16(23)24)6-27-15(13)20-17/h3-6H,7H2,1-2H3,(H,18,21)(H,23,24)(H,19,20,22). The van der Waals surface area contributed by atoms with Crippen molar-refractivity contribution in [3.63, 3.8) is 0 Å². The lowest BCUT2D eigenvalue weighted by Gasteiger charge is -2.11. The third-order valence-electron chi connectivity index (χ3n) is 3.67. The third kappa shape index (κ3) is 4.10. The number of hydrogen-bond acceptors (Lipinski definition) is 8. The molecule has 0 spiro atoms. The van der Waals surface area contributed by atoms with E-state index >= 15 is 0 Å². The first-order chi connectivity index (χ1) is 13.4. The first-order valence-corrected chi connectivity index (χ1v) is 9.69. The Morgan fingerprint density at radius 2 is 2.11 bits per heavy atom. The Kier molecular flexibility index (Phi) is 5.85. The number of rotatable bonds is 7. The van der Waals surface area contributed by atoms with Crippen molar-refractivity contribution in [3.05, 3.63) is 39.5 Å².